The molecular formula is C16H17N3O2. The van der Waals surface area contributed by atoms with Gasteiger partial charge in [0.15, 0.2) is 0 Å². The van der Waals surface area contributed by atoms with Crippen LogP contribution in [0.2, 0.25) is 0 Å². The summed E-state index contributed by atoms with van der Waals surface area (Å²) in [5.41, 5.74) is 3.08. The van der Waals surface area contributed by atoms with Crippen molar-refractivity contribution in [2.45, 2.75) is 6.54 Å². The van der Waals surface area contributed by atoms with Gasteiger partial charge in [-0.15, -0.1) is 0 Å². The molecule has 0 atom stereocenters. The van der Waals surface area contributed by atoms with Gasteiger partial charge in [0.25, 0.3) is 0 Å². The van der Waals surface area contributed by atoms with Crippen molar-refractivity contribution in [1.29, 1.82) is 0 Å². The third-order valence-electron chi connectivity index (χ3n) is 3.41. The Bertz CT molecular complexity index is 752. The van der Waals surface area contributed by atoms with Gasteiger partial charge in [-0.3, -0.25) is 5.10 Å². The highest BCUT2D eigenvalue weighted by Crippen LogP contribution is 2.25. The van der Waals surface area contributed by atoms with Crippen LogP contribution in [0.4, 0.5) is 5.69 Å². The molecule has 3 rings (SSSR count). The number of ether oxygens (including phenoxy) is 2. The molecule has 0 amide bonds. The number of nitrogens with zero attached hydrogens (tertiary/aromatic N) is 1. The Morgan fingerprint density at radius 1 is 1.10 bits per heavy atom. The zero-order valence-electron chi connectivity index (χ0n) is 12.0. The van der Waals surface area contributed by atoms with Crippen molar-refractivity contribution < 1.29 is 9.47 Å². The second-order valence-corrected chi connectivity index (χ2v) is 4.70. The Morgan fingerprint density at radius 2 is 2.00 bits per heavy atom. The van der Waals surface area contributed by atoms with Crippen molar-refractivity contribution in [2.75, 3.05) is 19.5 Å². The zero-order chi connectivity index (χ0) is 14.7. The average Bonchev–Trinajstić information content (AvgIpc) is 3.00. The van der Waals surface area contributed by atoms with Crippen LogP contribution in [0, 0.1) is 0 Å². The molecule has 0 unspecified atom stereocenters. The largest absolute Gasteiger partial charge is 0.497 e. The summed E-state index contributed by atoms with van der Waals surface area (Å²) in [5, 5.41) is 11.5. The van der Waals surface area contributed by atoms with Gasteiger partial charge in [-0.05, 0) is 36.4 Å². The normalized spacial score (nSPS) is 10.6. The first-order valence-corrected chi connectivity index (χ1v) is 6.68. The number of fused-ring (bicyclic) bond motifs is 1. The van der Waals surface area contributed by atoms with Crippen LogP contribution in [-0.2, 0) is 6.54 Å². The van der Waals surface area contributed by atoms with Crippen molar-refractivity contribution in [3.05, 3.63) is 48.2 Å². The van der Waals surface area contributed by atoms with Crippen LogP contribution in [0.15, 0.2) is 42.6 Å². The summed E-state index contributed by atoms with van der Waals surface area (Å²) < 4.78 is 10.6. The van der Waals surface area contributed by atoms with E-state index < -0.39 is 0 Å². The number of hydrogen-bond donors (Lipinski definition) is 2. The van der Waals surface area contributed by atoms with E-state index >= 15 is 0 Å². The Balaban J connectivity index is 1.80. The van der Waals surface area contributed by atoms with Crippen LogP contribution in [0.1, 0.15) is 5.56 Å². The second-order valence-electron chi connectivity index (χ2n) is 4.70. The van der Waals surface area contributed by atoms with E-state index in [1.165, 1.54) is 0 Å². The molecule has 3 aromatic rings. The van der Waals surface area contributed by atoms with E-state index in [4.69, 9.17) is 9.47 Å². The summed E-state index contributed by atoms with van der Waals surface area (Å²) in [4.78, 5) is 0. The fraction of sp³-hybridized carbons (Fsp3) is 0.188. The molecule has 0 aliphatic rings. The number of H-pyrrole nitrogens is 1. The molecule has 0 spiro atoms. The Kier molecular flexibility index (Phi) is 3.64. The van der Waals surface area contributed by atoms with Crippen molar-refractivity contribution in [3.63, 3.8) is 0 Å². The van der Waals surface area contributed by atoms with Gasteiger partial charge in [0.05, 0.1) is 25.9 Å². The minimum Gasteiger partial charge on any atom is -0.497 e. The fourth-order valence-corrected chi connectivity index (χ4v) is 2.26. The molecule has 2 N–H and O–H groups in total. The fourth-order valence-electron chi connectivity index (χ4n) is 2.26. The highest BCUT2D eigenvalue weighted by Gasteiger charge is 2.05. The van der Waals surface area contributed by atoms with Crippen LogP contribution in [0.25, 0.3) is 10.9 Å². The summed E-state index contributed by atoms with van der Waals surface area (Å²) in [7, 11) is 3.33. The number of rotatable bonds is 5. The molecule has 0 aliphatic carbocycles. The molecule has 1 aromatic heterocycles. The number of nitrogens with one attached hydrogen (secondary N) is 2. The van der Waals surface area contributed by atoms with Crippen LogP contribution in [0.5, 0.6) is 11.5 Å². The smallest absolute Gasteiger partial charge is 0.124 e. The number of methoxy groups -OCH3 is 2. The van der Waals surface area contributed by atoms with Gasteiger partial charge >= 0.3 is 0 Å². The van der Waals surface area contributed by atoms with E-state index in [9.17, 15) is 0 Å². The van der Waals surface area contributed by atoms with Crippen LogP contribution >= 0.6 is 0 Å². The number of aromatic amines is 1. The molecule has 5 heteroatoms. The second kappa shape index (κ2) is 5.75. The minimum atomic E-state index is 0.653. The first-order chi connectivity index (χ1) is 10.3. The predicted octanol–water partition coefficient (Wildman–Crippen LogP) is 3.19. The standard InChI is InChI=1S/C16H17N3O2/c1-20-14-5-6-16(21-2)12(7-14)9-17-13-4-3-11-10-18-19-15(11)8-13/h3-8,10,17H,9H2,1-2H3,(H,18,19). The van der Waals surface area contributed by atoms with Crippen molar-refractivity contribution >= 4 is 16.6 Å². The lowest BCUT2D eigenvalue weighted by molar-refractivity contribution is 0.399. The van der Waals surface area contributed by atoms with E-state index in [0.717, 1.165) is 33.7 Å². The average molecular weight is 283 g/mol. The molecule has 0 bridgehead atoms. The maximum atomic E-state index is 5.38. The van der Waals surface area contributed by atoms with Crippen LogP contribution in [-0.4, -0.2) is 24.4 Å². The SMILES string of the molecule is COc1ccc(OC)c(CNc2ccc3cn[nH]c3c2)c1. The third-order valence-corrected chi connectivity index (χ3v) is 3.41. The lowest BCUT2D eigenvalue weighted by Gasteiger charge is -2.12. The molecule has 0 radical (unpaired) electrons. The van der Waals surface area contributed by atoms with E-state index in [1.807, 2.05) is 42.6 Å². The van der Waals surface area contributed by atoms with Crippen molar-refractivity contribution in [3.8, 4) is 11.5 Å². The topological polar surface area (TPSA) is 59.2 Å². The minimum absolute atomic E-state index is 0.653. The molecular weight excluding hydrogens is 266 g/mol. The molecule has 0 saturated heterocycles. The summed E-state index contributed by atoms with van der Waals surface area (Å²) in [6.45, 7) is 0.653. The monoisotopic (exact) mass is 283 g/mol. The van der Waals surface area contributed by atoms with E-state index in [-0.39, 0.29) is 0 Å². The molecule has 21 heavy (non-hydrogen) atoms. The highest BCUT2D eigenvalue weighted by atomic mass is 16.5. The van der Waals surface area contributed by atoms with Gasteiger partial charge in [-0.25, -0.2) is 0 Å². The summed E-state index contributed by atoms with van der Waals surface area (Å²) in [5.74, 6) is 1.66. The molecule has 5 nitrogen and oxygen atoms in total. The number of anilines is 1. The molecule has 2 aromatic carbocycles. The highest BCUT2D eigenvalue weighted by molar-refractivity contribution is 5.81. The Hall–Kier alpha value is -2.69. The van der Waals surface area contributed by atoms with Crippen LogP contribution < -0.4 is 14.8 Å². The molecule has 0 saturated carbocycles. The molecule has 108 valence electrons. The molecule has 1 heterocycles. The summed E-state index contributed by atoms with van der Waals surface area (Å²) >= 11 is 0. The van der Waals surface area contributed by atoms with Crippen molar-refractivity contribution in [2.24, 2.45) is 0 Å². The number of benzene rings is 2. The van der Waals surface area contributed by atoms with Gasteiger partial charge < -0.3 is 14.8 Å². The number of hydrogen-bond acceptors (Lipinski definition) is 4. The van der Waals surface area contributed by atoms with E-state index in [1.54, 1.807) is 14.2 Å². The van der Waals surface area contributed by atoms with E-state index in [2.05, 4.69) is 15.5 Å². The quantitative estimate of drug-likeness (QED) is 0.755. The molecule has 0 aliphatic heterocycles. The van der Waals surface area contributed by atoms with Gasteiger partial charge in [0.1, 0.15) is 11.5 Å². The Morgan fingerprint density at radius 3 is 2.81 bits per heavy atom. The Labute approximate surface area is 122 Å². The van der Waals surface area contributed by atoms with Crippen molar-refractivity contribution in [1.82, 2.24) is 10.2 Å². The van der Waals surface area contributed by atoms with Gasteiger partial charge in [-0.1, -0.05) is 0 Å². The predicted molar refractivity (Wildman–Crippen MR) is 83.0 cm³/mol. The lowest BCUT2D eigenvalue weighted by atomic mass is 10.1. The van der Waals surface area contributed by atoms with Gasteiger partial charge in [0, 0.05) is 23.2 Å². The maximum Gasteiger partial charge on any atom is 0.124 e. The van der Waals surface area contributed by atoms with Gasteiger partial charge in [0.2, 0.25) is 0 Å². The first kappa shape index (κ1) is 13.3. The first-order valence-electron chi connectivity index (χ1n) is 6.68. The summed E-state index contributed by atoms with van der Waals surface area (Å²) in [6, 6.07) is 11.9. The van der Waals surface area contributed by atoms with Crippen LogP contribution in [0.3, 0.4) is 0 Å². The zero-order valence-corrected chi connectivity index (χ0v) is 12.0. The van der Waals surface area contributed by atoms with E-state index in [0.29, 0.717) is 6.54 Å². The third kappa shape index (κ3) is 2.76. The lowest BCUT2D eigenvalue weighted by Crippen LogP contribution is -2.02. The summed E-state index contributed by atoms with van der Waals surface area (Å²) in [6.07, 6.45) is 1.81. The maximum absolute atomic E-state index is 5.38. The number of aromatic nitrogens is 2. The van der Waals surface area contributed by atoms with Gasteiger partial charge in [-0.2, -0.15) is 5.10 Å². The molecule has 0 fully saturated rings.